The van der Waals surface area contributed by atoms with Crippen LogP contribution in [0.1, 0.15) is 82.3 Å². The highest BCUT2D eigenvalue weighted by atomic mass is 32.2. The van der Waals surface area contributed by atoms with Crippen LogP contribution in [0.3, 0.4) is 0 Å². The van der Waals surface area contributed by atoms with Crippen molar-refractivity contribution in [3.8, 4) is 0 Å². The molecule has 2 unspecified atom stereocenters. The van der Waals surface area contributed by atoms with Gasteiger partial charge < -0.3 is 30.7 Å². The van der Waals surface area contributed by atoms with E-state index in [0.717, 1.165) is 25.0 Å². The van der Waals surface area contributed by atoms with E-state index in [0.29, 0.717) is 76.7 Å². The van der Waals surface area contributed by atoms with E-state index < -0.39 is 73.1 Å². The van der Waals surface area contributed by atoms with Gasteiger partial charge in [0.1, 0.15) is 11.6 Å². The molecule has 4 N–H and O–H groups in total. The minimum absolute atomic E-state index is 0.0146. The highest BCUT2D eigenvalue weighted by Gasteiger charge is 2.49. The Bertz CT molecular complexity index is 2270. The zero-order valence-corrected chi connectivity index (χ0v) is 39.9. The van der Waals surface area contributed by atoms with E-state index in [1.807, 2.05) is 0 Å². The molecule has 0 radical (unpaired) electrons. The first-order valence-electron chi connectivity index (χ1n) is 23.1. The molecule has 376 valence electrons. The van der Waals surface area contributed by atoms with Gasteiger partial charge in [-0.2, -0.15) is 8.61 Å². The van der Waals surface area contributed by atoms with Gasteiger partial charge in [0, 0.05) is 94.7 Å². The van der Waals surface area contributed by atoms with Crippen molar-refractivity contribution in [3.63, 3.8) is 0 Å². The van der Waals surface area contributed by atoms with Crippen molar-refractivity contribution in [2.45, 2.75) is 120 Å². The number of piperidine rings is 2. The second-order valence-corrected chi connectivity index (χ2v) is 22.7. The van der Waals surface area contributed by atoms with E-state index in [2.05, 4.69) is 0 Å². The van der Waals surface area contributed by atoms with E-state index in [-0.39, 0.29) is 103 Å². The molecule has 4 bridgehead atoms. The fraction of sp³-hybridized carbons (Fsp3) is 0.689. The number of amides is 2. The summed E-state index contributed by atoms with van der Waals surface area (Å²) in [6.07, 6.45) is 5.84. The normalized spacial score (nSPS) is 25.5. The Hall–Kier alpha value is -3.54. The number of halogens is 6. The number of hydrogen-bond acceptors (Lipinski definition) is 10. The van der Waals surface area contributed by atoms with Gasteiger partial charge in [0.2, 0.25) is 26.0 Å². The predicted molar refractivity (Wildman–Crippen MR) is 237 cm³/mol. The van der Waals surface area contributed by atoms with Gasteiger partial charge >= 0.3 is 6.09 Å². The van der Waals surface area contributed by atoms with Gasteiger partial charge in [0.25, 0.3) is 0 Å². The summed E-state index contributed by atoms with van der Waals surface area (Å²) in [6.45, 7) is 3.14. The summed E-state index contributed by atoms with van der Waals surface area (Å²) in [7, 11) is -4.04. The Labute approximate surface area is 389 Å². The summed E-state index contributed by atoms with van der Waals surface area (Å²) in [5, 5.41) is 0. The second kappa shape index (κ2) is 22.5. The molecule has 2 aromatic rings. The topological polar surface area (TPSA) is 186 Å². The van der Waals surface area contributed by atoms with E-state index in [1.165, 1.54) is 16.8 Å². The molecular weight excluding hydrogens is 931 g/mol. The van der Waals surface area contributed by atoms with E-state index in [1.54, 1.807) is 22.6 Å². The van der Waals surface area contributed by atoms with Crippen molar-refractivity contribution in [3.05, 3.63) is 70.3 Å². The van der Waals surface area contributed by atoms with Crippen LogP contribution in [0.5, 0.6) is 0 Å². The smallest absolute Gasteiger partial charge is 0.409 e. The quantitative estimate of drug-likeness (QED) is 0.170. The maximum absolute atomic E-state index is 14.1. The molecule has 2 amide bonds. The Morgan fingerprint density at radius 2 is 1.01 bits per heavy atom. The summed E-state index contributed by atoms with van der Waals surface area (Å²) < 4.78 is 147. The fourth-order valence-electron chi connectivity index (χ4n) is 10.6. The molecule has 8 atom stereocenters. The lowest BCUT2D eigenvalue weighted by atomic mass is 9.83. The number of rotatable bonds is 16. The molecule has 5 fully saturated rings. The molecule has 5 aliphatic heterocycles. The number of carbonyl (C=O) groups excluding carboxylic acids is 2. The van der Waals surface area contributed by atoms with Gasteiger partial charge in [-0.1, -0.05) is 0 Å². The molecule has 14 nitrogen and oxygen atoms in total. The molecule has 7 rings (SSSR count). The Kier molecular flexibility index (Phi) is 17.7. The zero-order valence-electron chi connectivity index (χ0n) is 38.2. The highest BCUT2D eigenvalue weighted by molar-refractivity contribution is 7.89. The summed E-state index contributed by atoms with van der Waals surface area (Å²) in [4.78, 5) is 27.1. The van der Waals surface area contributed by atoms with E-state index in [9.17, 15) is 52.8 Å². The molecule has 5 heterocycles. The largest absolute Gasteiger partial charge is 0.450 e. The number of carbonyl (C=O) groups is 2. The standard InChI is InChI=1S/C24H34F3N3O4S.C21H30F3N3O4S/c1-29(24(31)15-4-7-34-8-5-15)6-9-35(32,33)30-18-2-3-19(30)11-17(10-18)23(28)13-16-12-21(26)22(27)14-20(16)25;1-3-31-21(28)26(2)6-7-32(29,30)27-15-4-5-16(27)9-14(8-15)20(25)11-13-10-18(23)19(24)12-17(13)22/h12,14-15,17-19,23H,2-11,13,28H2,1H3;10,12,14-16,20H,3-9,11,25H2,1-2H3/t17?,18-,19+,23-;14?,15-,16+,20-/m11/s1. The molecule has 22 heteroatoms. The van der Waals surface area contributed by atoms with Gasteiger partial charge in [-0.3, -0.25) is 4.79 Å². The molecule has 0 aliphatic carbocycles. The molecule has 5 aliphatic rings. The minimum Gasteiger partial charge on any atom is -0.450 e. The van der Waals surface area contributed by atoms with Crippen LogP contribution in [-0.2, 0) is 47.2 Å². The number of hydrogen-bond donors (Lipinski definition) is 2. The SMILES string of the molecule is CCOC(=O)N(C)CCS(=O)(=O)N1[C@@H]2CC[C@H]1CC([C@H](N)Cc1cc(F)c(F)cc1F)C2.CN(CCS(=O)(=O)N1[C@@H]2CC[C@H]1CC([C@H](N)Cc1cc(F)c(F)cc1F)C2)C(=O)C1CCOCC1. The van der Waals surface area contributed by atoms with Crippen LogP contribution < -0.4 is 11.5 Å². The van der Waals surface area contributed by atoms with E-state index >= 15 is 0 Å². The molecule has 67 heavy (non-hydrogen) atoms. The zero-order chi connectivity index (χ0) is 49.0. The third-order valence-corrected chi connectivity index (χ3v) is 18.1. The Morgan fingerprint density at radius 1 is 0.642 bits per heavy atom. The number of ether oxygens (including phenoxy) is 2. The summed E-state index contributed by atoms with van der Waals surface area (Å²) in [5.41, 5.74) is 12.7. The lowest BCUT2D eigenvalue weighted by molar-refractivity contribution is -0.136. The molecule has 2 aromatic carbocycles. The monoisotopic (exact) mass is 994 g/mol. The summed E-state index contributed by atoms with van der Waals surface area (Å²) >= 11 is 0. The van der Waals surface area contributed by atoms with Crippen LogP contribution in [0.15, 0.2) is 24.3 Å². The van der Waals surface area contributed by atoms with Crippen molar-refractivity contribution < 1.29 is 62.2 Å². The average molecular weight is 995 g/mol. The number of nitrogens with two attached hydrogens (primary N) is 2. The average Bonchev–Trinajstić information content (AvgIpc) is 3.74. The van der Waals surface area contributed by atoms with Gasteiger partial charge in [-0.05, 0) is 119 Å². The number of nitrogens with zero attached hydrogens (tertiary/aromatic N) is 4. The van der Waals surface area contributed by atoms with Crippen molar-refractivity contribution >= 4 is 32.0 Å². The van der Waals surface area contributed by atoms with Crippen molar-refractivity contribution in [1.29, 1.82) is 0 Å². The summed E-state index contributed by atoms with van der Waals surface area (Å²) in [5.74, 6) is -7.01. The molecule has 0 aromatic heterocycles. The first-order chi connectivity index (χ1) is 31.6. The van der Waals surface area contributed by atoms with Crippen LogP contribution in [0.2, 0.25) is 0 Å². The van der Waals surface area contributed by atoms with Crippen LogP contribution in [0.4, 0.5) is 31.1 Å². The molecule has 5 saturated heterocycles. The second-order valence-electron chi connectivity index (χ2n) is 18.7. The first-order valence-corrected chi connectivity index (χ1v) is 26.3. The Balaban J connectivity index is 0.000000222. The molecule has 0 saturated carbocycles. The van der Waals surface area contributed by atoms with Crippen LogP contribution in [-0.4, -0.2) is 142 Å². The molecule has 0 spiro atoms. The van der Waals surface area contributed by atoms with Crippen molar-refractivity contribution in [2.24, 2.45) is 29.2 Å². The molecular formula is C45H64F6N6O8S2. The first kappa shape index (κ1) is 52.8. The summed E-state index contributed by atoms with van der Waals surface area (Å²) in [6, 6.07) is 0.916. The van der Waals surface area contributed by atoms with Gasteiger partial charge in [-0.25, -0.2) is 48.0 Å². The third-order valence-electron chi connectivity index (χ3n) is 14.2. The van der Waals surface area contributed by atoms with Crippen molar-refractivity contribution in [2.75, 3.05) is 58.5 Å². The highest BCUT2D eigenvalue weighted by Crippen LogP contribution is 2.43. The van der Waals surface area contributed by atoms with Crippen LogP contribution in [0.25, 0.3) is 0 Å². The van der Waals surface area contributed by atoms with Gasteiger partial charge in [0.05, 0.1) is 18.1 Å². The van der Waals surface area contributed by atoms with E-state index in [4.69, 9.17) is 20.9 Å². The number of sulfonamides is 2. The number of benzene rings is 2. The maximum atomic E-state index is 14.1. The predicted octanol–water partition coefficient (Wildman–Crippen LogP) is 5.07. The van der Waals surface area contributed by atoms with Crippen LogP contribution >= 0.6 is 0 Å². The Morgan fingerprint density at radius 3 is 1.40 bits per heavy atom. The third kappa shape index (κ3) is 12.8. The fourth-order valence-corrected chi connectivity index (χ4v) is 14.7. The lowest BCUT2D eigenvalue weighted by Crippen LogP contribution is -2.51. The van der Waals surface area contributed by atoms with Crippen molar-refractivity contribution in [1.82, 2.24) is 18.4 Å². The lowest BCUT2D eigenvalue weighted by Gasteiger charge is -2.40. The van der Waals surface area contributed by atoms with Crippen LogP contribution in [0, 0.1) is 52.7 Å². The van der Waals surface area contributed by atoms with Gasteiger partial charge in [-0.15, -0.1) is 0 Å². The van der Waals surface area contributed by atoms with Gasteiger partial charge in [0.15, 0.2) is 23.3 Å². The maximum Gasteiger partial charge on any atom is 0.409 e. The number of fused-ring (bicyclic) bond motifs is 4. The minimum atomic E-state index is -3.60.